The van der Waals surface area contributed by atoms with E-state index in [-0.39, 0.29) is 0 Å². The summed E-state index contributed by atoms with van der Waals surface area (Å²) in [6.07, 6.45) is 7.35. The highest BCUT2D eigenvalue weighted by molar-refractivity contribution is 5.40. The third-order valence-corrected chi connectivity index (χ3v) is 6.24. The third kappa shape index (κ3) is 2.50. The number of hydrogen-bond donors (Lipinski definition) is 1. The highest BCUT2D eigenvalue weighted by Gasteiger charge is 2.47. The van der Waals surface area contributed by atoms with Gasteiger partial charge in [0.1, 0.15) is 11.5 Å². The van der Waals surface area contributed by atoms with E-state index in [0.29, 0.717) is 6.04 Å². The molecule has 1 aromatic rings. The van der Waals surface area contributed by atoms with Gasteiger partial charge in [0, 0.05) is 18.2 Å². The summed E-state index contributed by atoms with van der Waals surface area (Å²) >= 11 is 0. The molecule has 4 aliphatic carbocycles. The Morgan fingerprint density at radius 3 is 2.23 bits per heavy atom. The molecule has 5 rings (SSSR count). The topological polar surface area (TPSA) is 30.5 Å². The fraction of sp³-hybridized carbons (Fsp3) is 0.684. The summed E-state index contributed by atoms with van der Waals surface area (Å²) in [5, 5.41) is 3.87. The van der Waals surface area contributed by atoms with Crippen molar-refractivity contribution >= 4 is 0 Å². The van der Waals surface area contributed by atoms with E-state index >= 15 is 0 Å². The molecule has 0 spiro atoms. The number of benzene rings is 1. The first kappa shape index (κ1) is 14.4. The van der Waals surface area contributed by atoms with Crippen molar-refractivity contribution in [2.75, 3.05) is 14.2 Å². The molecular formula is C19H27NO2. The lowest BCUT2D eigenvalue weighted by Gasteiger charge is -2.54. The van der Waals surface area contributed by atoms with Gasteiger partial charge in [-0.1, -0.05) is 0 Å². The summed E-state index contributed by atoms with van der Waals surface area (Å²) in [4.78, 5) is 0. The molecule has 0 atom stereocenters. The minimum Gasteiger partial charge on any atom is -0.497 e. The number of ether oxygens (including phenoxy) is 2. The molecule has 0 saturated heterocycles. The molecule has 120 valence electrons. The third-order valence-electron chi connectivity index (χ3n) is 6.24. The lowest BCUT2D eigenvalue weighted by molar-refractivity contribution is -0.0143. The van der Waals surface area contributed by atoms with Crippen LogP contribution in [-0.4, -0.2) is 20.3 Å². The monoisotopic (exact) mass is 301 g/mol. The molecule has 4 bridgehead atoms. The van der Waals surface area contributed by atoms with Crippen molar-refractivity contribution in [3.05, 3.63) is 23.8 Å². The molecule has 4 saturated carbocycles. The van der Waals surface area contributed by atoms with Gasteiger partial charge in [-0.15, -0.1) is 0 Å². The van der Waals surface area contributed by atoms with Gasteiger partial charge >= 0.3 is 0 Å². The zero-order valence-corrected chi connectivity index (χ0v) is 13.7. The Hall–Kier alpha value is -1.22. The van der Waals surface area contributed by atoms with Crippen molar-refractivity contribution in [3.63, 3.8) is 0 Å². The molecule has 3 nitrogen and oxygen atoms in total. The van der Waals surface area contributed by atoms with Gasteiger partial charge in [-0.3, -0.25) is 0 Å². The molecule has 0 heterocycles. The van der Waals surface area contributed by atoms with Crippen LogP contribution in [0.4, 0.5) is 0 Å². The first-order chi connectivity index (χ1) is 10.8. The highest BCUT2D eigenvalue weighted by Crippen LogP contribution is 2.53. The van der Waals surface area contributed by atoms with Crippen molar-refractivity contribution < 1.29 is 9.47 Å². The molecular weight excluding hydrogens is 274 g/mol. The minimum absolute atomic E-state index is 0.712. The van der Waals surface area contributed by atoms with Crippen LogP contribution in [0, 0.1) is 23.7 Å². The fourth-order valence-electron chi connectivity index (χ4n) is 5.51. The molecule has 0 amide bonds. The van der Waals surface area contributed by atoms with Crippen molar-refractivity contribution in [1.82, 2.24) is 5.32 Å². The summed E-state index contributed by atoms with van der Waals surface area (Å²) in [6.45, 7) is 0.882. The molecule has 0 aliphatic heterocycles. The van der Waals surface area contributed by atoms with Crippen LogP contribution in [0.15, 0.2) is 18.2 Å². The van der Waals surface area contributed by atoms with Crippen molar-refractivity contribution in [2.45, 2.75) is 44.7 Å². The molecule has 1 N–H and O–H groups in total. The van der Waals surface area contributed by atoms with Crippen molar-refractivity contribution in [1.29, 1.82) is 0 Å². The second-order valence-electron chi connectivity index (χ2n) is 7.52. The minimum atomic E-state index is 0.712. The van der Waals surface area contributed by atoms with Gasteiger partial charge in [-0.25, -0.2) is 0 Å². The van der Waals surface area contributed by atoms with E-state index in [0.717, 1.165) is 41.7 Å². The molecule has 0 radical (unpaired) electrons. The maximum Gasteiger partial charge on any atom is 0.123 e. The van der Waals surface area contributed by atoms with Crippen LogP contribution in [0.2, 0.25) is 0 Å². The van der Waals surface area contributed by atoms with Crippen LogP contribution in [0.1, 0.15) is 37.7 Å². The second-order valence-corrected chi connectivity index (χ2v) is 7.52. The molecule has 22 heavy (non-hydrogen) atoms. The van der Waals surface area contributed by atoms with Crippen LogP contribution < -0.4 is 14.8 Å². The Balaban J connectivity index is 1.46. The van der Waals surface area contributed by atoms with Crippen molar-refractivity contribution in [2.24, 2.45) is 23.7 Å². The van der Waals surface area contributed by atoms with Gasteiger partial charge in [0.05, 0.1) is 14.2 Å². The lowest BCUT2D eigenvalue weighted by atomic mass is 9.54. The smallest absolute Gasteiger partial charge is 0.123 e. The van der Waals surface area contributed by atoms with E-state index in [1.165, 1.54) is 37.7 Å². The van der Waals surface area contributed by atoms with E-state index in [1.54, 1.807) is 14.2 Å². The van der Waals surface area contributed by atoms with Gasteiger partial charge in [-0.05, 0) is 74.0 Å². The normalized spacial score (nSPS) is 35.6. The summed E-state index contributed by atoms with van der Waals surface area (Å²) in [6, 6.07) is 6.78. The lowest BCUT2D eigenvalue weighted by Crippen LogP contribution is -2.54. The number of rotatable bonds is 5. The number of methoxy groups -OCH3 is 2. The van der Waals surface area contributed by atoms with E-state index < -0.39 is 0 Å². The summed E-state index contributed by atoms with van der Waals surface area (Å²) < 4.78 is 10.9. The van der Waals surface area contributed by atoms with Crippen LogP contribution in [0.3, 0.4) is 0 Å². The predicted octanol–water partition coefficient (Wildman–Crippen LogP) is 3.62. The zero-order valence-electron chi connectivity index (χ0n) is 13.7. The number of hydrogen-bond acceptors (Lipinski definition) is 3. The van der Waals surface area contributed by atoms with Crippen LogP contribution in [0.5, 0.6) is 11.5 Å². The van der Waals surface area contributed by atoms with Crippen LogP contribution in [0.25, 0.3) is 0 Å². The predicted molar refractivity (Wildman–Crippen MR) is 87.2 cm³/mol. The average Bonchev–Trinajstić information content (AvgIpc) is 2.53. The maximum atomic E-state index is 5.51. The Bertz CT molecular complexity index is 514. The number of nitrogens with one attached hydrogen (secondary N) is 1. The fourth-order valence-corrected chi connectivity index (χ4v) is 5.51. The molecule has 4 aliphatic rings. The SMILES string of the molecule is COc1ccc(OC)c(CNC2C3CC4CC(C3)CC2C4)c1. The molecule has 0 unspecified atom stereocenters. The summed E-state index contributed by atoms with van der Waals surface area (Å²) in [5.41, 5.74) is 1.20. The largest absolute Gasteiger partial charge is 0.497 e. The van der Waals surface area contributed by atoms with Crippen molar-refractivity contribution in [3.8, 4) is 11.5 Å². The first-order valence-corrected chi connectivity index (χ1v) is 8.71. The summed E-state index contributed by atoms with van der Waals surface area (Å²) in [7, 11) is 3.46. The molecule has 3 heteroatoms. The quantitative estimate of drug-likeness (QED) is 0.901. The maximum absolute atomic E-state index is 5.51. The van der Waals surface area contributed by atoms with Gasteiger partial charge < -0.3 is 14.8 Å². The molecule has 1 aromatic carbocycles. The highest BCUT2D eigenvalue weighted by atomic mass is 16.5. The summed E-state index contributed by atoms with van der Waals surface area (Å²) in [5.74, 6) is 5.75. The van der Waals surface area contributed by atoms with E-state index in [9.17, 15) is 0 Å². The van der Waals surface area contributed by atoms with Crippen LogP contribution >= 0.6 is 0 Å². The van der Waals surface area contributed by atoms with Gasteiger partial charge in [0.15, 0.2) is 0 Å². The molecule has 4 fully saturated rings. The Kier molecular flexibility index (Phi) is 3.77. The standard InChI is InChI=1S/C19H27NO2/c1-21-17-3-4-18(22-2)16(10-17)11-20-19-14-6-12-5-13(8-14)9-15(19)7-12/h3-4,10,12-15,19-20H,5-9,11H2,1-2H3. The molecule has 0 aromatic heterocycles. The van der Waals surface area contributed by atoms with E-state index in [2.05, 4.69) is 11.4 Å². The second kappa shape index (κ2) is 5.77. The Morgan fingerprint density at radius 2 is 1.64 bits per heavy atom. The average molecular weight is 301 g/mol. The van der Waals surface area contributed by atoms with Crippen LogP contribution in [-0.2, 0) is 6.54 Å². The first-order valence-electron chi connectivity index (χ1n) is 8.71. The zero-order chi connectivity index (χ0) is 15.1. The Morgan fingerprint density at radius 1 is 0.955 bits per heavy atom. The van der Waals surface area contributed by atoms with E-state index in [4.69, 9.17) is 9.47 Å². The van der Waals surface area contributed by atoms with Gasteiger partial charge in [-0.2, -0.15) is 0 Å². The van der Waals surface area contributed by atoms with E-state index in [1.807, 2.05) is 12.1 Å². The van der Waals surface area contributed by atoms with Gasteiger partial charge in [0.2, 0.25) is 0 Å². The van der Waals surface area contributed by atoms with Gasteiger partial charge in [0.25, 0.3) is 0 Å². The Labute approximate surface area is 133 Å².